The fraction of sp³-hybridized carbons (Fsp3) is 0.417. The number of ether oxygens (including phenoxy) is 2. The second-order valence-corrected chi connectivity index (χ2v) is 7.48. The molecule has 2 N–H and O–H groups in total. The van der Waals surface area contributed by atoms with Gasteiger partial charge in [0.1, 0.15) is 12.7 Å². The molecule has 0 aromatic heterocycles. The summed E-state index contributed by atoms with van der Waals surface area (Å²) in [5.41, 5.74) is 2.31. The van der Waals surface area contributed by atoms with Crippen molar-refractivity contribution in [2.45, 2.75) is 33.3 Å². The molecule has 0 heterocycles. The molecule has 0 aliphatic carbocycles. The number of methoxy groups -OCH3 is 1. The van der Waals surface area contributed by atoms with E-state index in [9.17, 15) is 14.7 Å². The molecule has 0 saturated heterocycles. The molecule has 7 nitrogen and oxygen atoms in total. The van der Waals surface area contributed by atoms with Crippen molar-refractivity contribution in [2.75, 3.05) is 38.7 Å². The summed E-state index contributed by atoms with van der Waals surface area (Å²) in [4.78, 5) is 25.9. The first-order chi connectivity index (χ1) is 14.8. The number of aryl methyl sites for hydroxylation is 1. The maximum absolute atomic E-state index is 12.5. The Kier molecular flexibility index (Phi) is 9.49. The Balaban J connectivity index is 1.92. The van der Waals surface area contributed by atoms with Crippen LogP contribution in [0.4, 0.5) is 5.69 Å². The zero-order valence-corrected chi connectivity index (χ0v) is 18.7. The van der Waals surface area contributed by atoms with Crippen molar-refractivity contribution in [3.63, 3.8) is 0 Å². The largest absolute Gasteiger partial charge is 0.493 e. The van der Waals surface area contributed by atoms with E-state index in [0.29, 0.717) is 30.2 Å². The Morgan fingerprint density at radius 3 is 2.55 bits per heavy atom. The second kappa shape index (κ2) is 12.1. The van der Waals surface area contributed by atoms with E-state index in [1.807, 2.05) is 43.0 Å². The number of carbonyl (C=O) groups is 2. The summed E-state index contributed by atoms with van der Waals surface area (Å²) in [5, 5.41) is 13.4. The van der Waals surface area contributed by atoms with Crippen LogP contribution in [-0.2, 0) is 4.79 Å². The van der Waals surface area contributed by atoms with Gasteiger partial charge in [-0.15, -0.1) is 0 Å². The first-order valence-electron chi connectivity index (χ1n) is 10.4. The highest BCUT2D eigenvalue weighted by molar-refractivity contribution is 5.94. The summed E-state index contributed by atoms with van der Waals surface area (Å²) in [5.74, 6) is 0.690. The zero-order chi connectivity index (χ0) is 22.8. The highest BCUT2D eigenvalue weighted by atomic mass is 16.5. The van der Waals surface area contributed by atoms with Gasteiger partial charge in [0.15, 0.2) is 17.3 Å². The third kappa shape index (κ3) is 7.70. The van der Waals surface area contributed by atoms with Crippen molar-refractivity contribution in [3.8, 4) is 11.5 Å². The highest BCUT2D eigenvalue weighted by Gasteiger charge is 2.17. The molecule has 1 atom stereocenters. The molecule has 1 amide bonds. The van der Waals surface area contributed by atoms with Gasteiger partial charge in [-0.3, -0.25) is 14.5 Å². The summed E-state index contributed by atoms with van der Waals surface area (Å²) in [7, 11) is 1.50. The lowest BCUT2D eigenvalue weighted by atomic mass is 10.1. The SMILES string of the molecule is CCCN(CC(=O)Nc1ccccc1C)CC(O)COc1ccc(C(C)=O)cc1OC. The molecule has 1 unspecified atom stereocenters. The highest BCUT2D eigenvalue weighted by Crippen LogP contribution is 2.28. The average molecular weight is 429 g/mol. The van der Waals surface area contributed by atoms with Crippen molar-refractivity contribution >= 4 is 17.4 Å². The Morgan fingerprint density at radius 2 is 1.90 bits per heavy atom. The predicted octanol–water partition coefficient (Wildman–Crippen LogP) is 3.30. The lowest BCUT2D eigenvalue weighted by Crippen LogP contribution is -2.40. The summed E-state index contributed by atoms with van der Waals surface area (Å²) in [6.45, 7) is 6.63. The number of anilines is 1. The minimum absolute atomic E-state index is 0.0371. The fourth-order valence-electron chi connectivity index (χ4n) is 3.20. The molecule has 0 aliphatic heterocycles. The van der Waals surface area contributed by atoms with E-state index in [0.717, 1.165) is 17.7 Å². The molecule has 2 rings (SSSR count). The van der Waals surface area contributed by atoms with Gasteiger partial charge in [0.25, 0.3) is 0 Å². The van der Waals surface area contributed by atoms with Crippen LogP contribution in [0.25, 0.3) is 0 Å². The normalized spacial score (nSPS) is 11.8. The van der Waals surface area contributed by atoms with Crippen LogP contribution in [-0.4, -0.2) is 61.2 Å². The number of amides is 1. The molecular formula is C24H32N2O5. The smallest absolute Gasteiger partial charge is 0.238 e. The Morgan fingerprint density at radius 1 is 1.16 bits per heavy atom. The van der Waals surface area contributed by atoms with Crippen molar-refractivity contribution in [3.05, 3.63) is 53.6 Å². The summed E-state index contributed by atoms with van der Waals surface area (Å²) in [6, 6.07) is 12.5. The van der Waals surface area contributed by atoms with Crippen LogP contribution < -0.4 is 14.8 Å². The monoisotopic (exact) mass is 428 g/mol. The maximum atomic E-state index is 12.5. The number of aliphatic hydroxyl groups is 1. The van der Waals surface area contributed by atoms with Gasteiger partial charge in [-0.2, -0.15) is 0 Å². The van der Waals surface area contributed by atoms with Gasteiger partial charge in [0, 0.05) is 17.8 Å². The third-order valence-electron chi connectivity index (χ3n) is 4.80. The molecule has 7 heteroatoms. The lowest BCUT2D eigenvalue weighted by Gasteiger charge is -2.24. The van der Waals surface area contributed by atoms with Crippen molar-refractivity contribution < 1.29 is 24.2 Å². The number of nitrogens with one attached hydrogen (secondary N) is 1. The van der Waals surface area contributed by atoms with Gasteiger partial charge in [0.2, 0.25) is 5.91 Å². The lowest BCUT2D eigenvalue weighted by molar-refractivity contribution is -0.117. The molecule has 0 radical (unpaired) electrons. The van der Waals surface area contributed by atoms with E-state index in [1.165, 1.54) is 14.0 Å². The second-order valence-electron chi connectivity index (χ2n) is 7.48. The van der Waals surface area contributed by atoms with Gasteiger partial charge >= 0.3 is 0 Å². The minimum atomic E-state index is -0.796. The van der Waals surface area contributed by atoms with Crippen molar-refractivity contribution in [2.24, 2.45) is 0 Å². The molecule has 2 aromatic rings. The van der Waals surface area contributed by atoms with Crippen LogP contribution in [0.1, 0.15) is 36.2 Å². The quantitative estimate of drug-likeness (QED) is 0.505. The van der Waals surface area contributed by atoms with Crippen LogP contribution in [0.3, 0.4) is 0 Å². The number of nitrogens with zero attached hydrogens (tertiary/aromatic N) is 1. The van der Waals surface area contributed by atoms with Gasteiger partial charge in [0.05, 0.1) is 13.7 Å². The fourth-order valence-corrected chi connectivity index (χ4v) is 3.20. The third-order valence-corrected chi connectivity index (χ3v) is 4.80. The van der Waals surface area contributed by atoms with E-state index in [-0.39, 0.29) is 24.8 Å². The summed E-state index contributed by atoms with van der Waals surface area (Å²) < 4.78 is 11.0. The van der Waals surface area contributed by atoms with E-state index in [1.54, 1.807) is 18.2 Å². The van der Waals surface area contributed by atoms with Crippen molar-refractivity contribution in [1.82, 2.24) is 4.90 Å². The molecule has 0 aliphatic rings. The standard InChI is InChI=1S/C24H32N2O5/c1-5-12-26(15-24(29)25-21-9-7-6-8-17(21)2)14-20(28)16-31-22-11-10-19(18(3)27)13-23(22)30-4/h6-11,13,20,28H,5,12,14-16H2,1-4H3,(H,25,29). The number of hydrogen-bond donors (Lipinski definition) is 2. The van der Waals surface area contributed by atoms with Crippen LogP contribution >= 0.6 is 0 Å². The molecule has 0 bridgehead atoms. The minimum Gasteiger partial charge on any atom is -0.493 e. The van der Waals surface area contributed by atoms with Crippen LogP contribution in [0, 0.1) is 6.92 Å². The summed E-state index contributed by atoms with van der Waals surface area (Å²) >= 11 is 0. The predicted molar refractivity (Wildman–Crippen MR) is 121 cm³/mol. The van der Waals surface area contributed by atoms with Crippen LogP contribution in [0.5, 0.6) is 11.5 Å². The molecule has 0 fully saturated rings. The first-order valence-corrected chi connectivity index (χ1v) is 10.4. The van der Waals surface area contributed by atoms with E-state index in [4.69, 9.17) is 9.47 Å². The Bertz CT molecular complexity index is 884. The van der Waals surface area contributed by atoms with Gasteiger partial charge in [-0.1, -0.05) is 25.1 Å². The van der Waals surface area contributed by atoms with Gasteiger partial charge in [-0.05, 0) is 56.6 Å². The molecule has 2 aromatic carbocycles. The Labute approximate surface area is 184 Å². The van der Waals surface area contributed by atoms with Crippen LogP contribution in [0.2, 0.25) is 0 Å². The molecule has 31 heavy (non-hydrogen) atoms. The zero-order valence-electron chi connectivity index (χ0n) is 18.7. The molecule has 0 saturated carbocycles. The molecule has 168 valence electrons. The summed E-state index contributed by atoms with van der Waals surface area (Å²) in [6.07, 6.45) is 0.0564. The van der Waals surface area contributed by atoms with E-state index in [2.05, 4.69) is 5.32 Å². The number of hydrogen-bond acceptors (Lipinski definition) is 6. The Hall–Kier alpha value is -2.90. The van der Waals surface area contributed by atoms with E-state index < -0.39 is 6.10 Å². The number of aliphatic hydroxyl groups excluding tert-OH is 1. The number of carbonyl (C=O) groups excluding carboxylic acids is 2. The van der Waals surface area contributed by atoms with Gasteiger partial charge < -0.3 is 19.9 Å². The van der Waals surface area contributed by atoms with Crippen LogP contribution in [0.15, 0.2) is 42.5 Å². The average Bonchev–Trinajstić information content (AvgIpc) is 2.73. The maximum Gasteiger partial charge on any atom is 0.238 e. The molecular weight excluding hydrogens is 396 g/mol. The van der Waals surface area contributed by atoms with Crippen molar-refractivity contribution in [1.29, 1.82) is 0 Å². The number of ketones is 1. The van der Waals surface area contributed by atoms with Gasteiger partial charge in [-0.25, -0.2) is 0 Å². The number of Topliss-reactive ketones (excluding diaryl/α,β-unsaturated/α-hetero) is 1. The van der Waals surface area contributed by atoms with E-state index >= 15 is 0 Å². The number of para-hydroxylation sites is 1. The number of rotatable bonds is 12. The first kappa shape index (κ1) is 24.4. The number of benzene rings is 2. The topological polar surface area (TPSA) is 88.1 Å². The molecule has 0 spiro atoms.